The van der Waals surface area contributed by atoms with Gasteiger partial charge in [-0.05, 0) is 31.5 Å². The van der Waals surface area contributed by atoms with Crippen molar-refractivity contribution in [1.82, 2.24) is 15.2 Å². The number of aromatic amines is 1. The first-order valence-electron chi connectivity index (χ1n) is 6.23. The third kappa shape index (κ3) is 1.84. The molecule has 0 aliphatic carbocycles. The molecule has 0 fully saturated rings. The van der Waals surface area contributed by atoms with Crippen LogP contribution in [0.5, 0.6) is 0 Å². The number of hydrogen-bond acceptors (Lipinski definition) is 3. The van der Waals surface area contributed by atoms with Crippen molar-refractivity contribution in [2.45, 2.75) is 13.8 Å². The van der Waals surface area contributed by atoms with Crippen LogP contribution < -0.4 is 0 Å². The molecule has 0 amide bonds. The molecule has 1 aromatic carbocycles. The average Bonchev–Trinajstić information content (AvgIpc) is 2.73. The van der Waals surface area contributed by atoms with Gasteiger partial charge in [-0.1, -0.05) is 18.2 Å². The van der Waals surface area contributed by atoms with E-state index in [-0.39, 0.29) is 5.69 Å². The highest BCUT2D eigenvalue weighted by Gasteiger charge is 2.15. The molecule has 3 aromatic rings. The highest BCUT2D eigenvalue weighted by molar-refractivity contribution is 5.96. The van der Waals surface area contributed by atoms with Gasteiger partial charge in [-0.3, -0.25) is 0 Å². The van der Waals surface area contributed by atoms with E-state index in [1.54, 1.807) is 13.0 Å². The van der Waals surface area contributed by atoms with Gasteiger partial charge < -0.3 is 10.1 Å². The van der Waals surface area contributed by atoms with Crippen LogP contribution in [0.2, 0.25) is 0 Å². The summed E-state index contributed by atoms with van der Waals surface area (Å²) in [4.78, 5) is 14.3. The number of hydrogen-bond donors (Lipinski definition) is 2. The first kappa shape index (κ1) is 12.3. The number of nitrogens with one attached hydrogen (secondary N) is 1. The smallest absolute Gasteiger partial charge is 0.356 e. The lowest BCUT2D eigenvalue weighted by Crippen LogP contribution is -2.05. The number of para-hydroxylation sites is 1. The summed E-state index contributed by atoms with van der Waals surface area (Å²) in [5, 5.41) is 17.9. The van der Waals surface area contributed by atoms with Crippen molar-refractivity contribution >= 4 is 16.9 Å². The molecule has 0 spiro atoms. The summed E-state index contributed by atoms with van der Waals surface area (Å²) in [5.41, 5.74) is 4.26. The van der Waals surface area contributed by atoms with E-state index in [1.807, 2.05) is 31.2 Å². The molecule has 0 unspecified atom stereocenters. The third-order valence-electron chi connectivity index (χ3n) is 3.34. The van der Waals surface area contributed by atoms with Gasteiger partial charge in [0, 0.05) is 22.2 Å². The predicted octanol–water partition coefficient (Wildman–Crippen LogP) is 2.94. The molecule has 0 radical (unpaired) electrons. The Bertz CT molecular complexity index is 821. The Morgan fingerprint density at radius 1 is 1.20 bits per heavy atom. The van der Waals surface area contributed by atoms with Crippen LogP contribution in [-0.2, 0) is 0 Å². The molecule has 5 nitrogen and oxygen atoms in total. The minimum absolute atomic E-state index is 0.00811. The van der Waals surface area contributed by atoms with E-state index in [1.165, 1.54) is 0 Å². The number of carbonyl (C=O) groups is 1. The monoisotopic (exact) mass is 267 g/mol. The topological polar surface area (TPSA) is 78.9 Å². The molecule has 3 rings (SSSR count). The van der Waals surface area contributed by atoms with Gasteiger partial charge in [0.15, 0.2) is 5.69 Å². The first-order chi connectivity index (χ1) is 9.58. The average molecular weight is 267 g/mol. The molecule has 0 bridgehead atoms. The molecule has 100 valence electrons. The van der Waals surface area contributed by atoms with E-state index >= 15 is 0 Å². The minimum Gasteiger partial charge on any atom is -0.476 e. The molecule has 0 aliphatic rings. The normalized spacial score (nSPS) is 10.9. The second kappa shape index (κ2) is 4.45. The zero-order valence-corrected chi connectivity index (χ0v) is 11.1. The molecular formula is C15H13N3O2. The van der Waals surface area contributed by atoms with Crippen LogP contribution in [0.1, 0.15) is 21.7 Å². The Morgan fingerprint density at radius 2 is 1.95 bits per heavy atom. The summed E-state index contributed by atoms with van der Waals surface area (Å²) in [6, 6.07) is 9.70. The Balaban J connectivity index is 2.23. The molecule has 20 heavy (non-hydrogen) atoms. The maximum absolute atomic E-state index is 11.0. The number of fused-ring (bicyclic) bond motifs is 1. The van der Waals surface area contributed by atoms with Crippen LogP contribution in [0.15, 0.2) is 30.3 Å². The summed E-state index contributed by atoms with van der Waals surface area (Å²) in [6.45, 7) is 3.70. The highest BCUT2D eigenvalue weighted by atomic mass is 16.4. The Morgan fingerprint density at radius 3 is 2.65 bits per heavy atom. The fourth-order valence-corrected chi connectivity index (χ4v) is 2.43. The van der Waals surface area contributed by atoms with Crippen LogP contribution >= 0.6 is 0 Å². The molecule has 0 aliphatic heterocycles. The Kier molecular flexibility index (Phi) is 2.75. The highest BCUT2D eigenvalue weighted by Crippen LogP contribution is 2.30. The Hall–Kier alpha value is -2.69. The van der Waals surface area contributed by atoms with Gasteiger partial charge in [-0.2, -0.15) is 0 Å². The summed E-state index contributed by atoms with van der Waals surface area (Å²) in [7, 11) is 0. The van der Waals surface area contributed by atoms with Gasteiger partial charge in [0.1, 0.15) is 0 Å². The molecule has 2 heterocycles. The van der Waals surface area contributed by atoms with E-state index in [4.69, 9.17) is 5.11 Å². The fourth-order valence-electron chi connectivity index (χ4n) is 2.43. The van der Waals surface area contributed by atoms with Gasteiger partial charge in [0.25, 0.3) is 0 Å². The van der Waals surface area contributed by atoms with Crippen LogP contribution in [-0.4, -0.2) is 26.3 Å². The number of aromatic nitrogens is 3. The quantitative estimate of drug-likeness (QED) is 0.748. The summed E-state index contributed by atoms with van der Waals surface area (Å²) < 4.78 is 0. The largest absolute Gasteiger partial charge is 0.476 e. The number of aromatic carboxylic acids is 1. The number of rotatable bonds is 2. The zero-order valence-electron chi connectivity index (χ0n) is 11.1. The summed E-state index contributed by atoms with van der Waals surface area (Å²) >= 11 is 0. The van der Waals surface area contributed by atoms with E-state index in [0.29, 0.717) is 11.3 Å². The molecular weight excluding hydrogens is 254 g/mol. The number of H-pyrrole nitrogens is 1. The summed E-state index contributed by atoms with van der Waals surface area (Å²) in [5.74, 6) is -1.06. The van der Waals surface area contributed by atoms with E-state index in [0.717, 1.165) is 22.2 Å². The third-order valence-corrected chi connectivity index (χ3v) is 3.34. The zero-order chi connectivity index (χ0) is 14.3. The second-order valence-electron chi connectivity index (χ2n) is 4.74. The van der Waals surface area contributed by atoms with Gasteiger partial charge in [-0.15, -0.1) is 10.2 Å². The maximum Gasteiger partial charge on any atom is 0.356 e. The SMILES string of the molecule is Cc1cc(-c2c(C)[nH]c3ccccc23)nnc1C(=O)O. The van der Waals surface area contributed by atoms with Crippen LogP contribution in [0, 0.1) is 13.8 Å². The predicted molar refractivity (Wildman–Crippen MR) is 75.8 cm³/mol. The lowest BCUT2D eigenvalue weighted by Gasteiger charge is -2.04. The Labute approximate surface area is 115 Å². The van der Waals surface area contributed by atoms with Gasteiger partial charge in [-0.25, -0.2) is 4.79 Å². The number of benzene rings is 1. The van der Waals surface area contributed by atoms with Crippen molar-refractivity contribution in [2.24, 2.45) is 0 Å². The number of nitrogens with zero attached hydrogens (tertiary/aromatic N) is 2. The van der Waals surface area contributed by atoms with Gasteiger partial charge in [0.05, 0.1) is 5.69 Å². The minimum atomic E-state index is -1.06. The van der Waals surface area contributed by atoms with Crippen LogP contribution in [0.4, 0.5) is 0 Å². The lowest BCUT2D eigenvalue weighted by molar-refractivity contribution is 0.0688. The van der Waals surface area contributed by atoms with E-state index in [9.17, 15) is 4.79 Å². The van der Waals surface area contributed by atoms with Gasteiger partial charge >= 0.3 is 5.97 Å². The van der Waals surface area contributed by atoms with Crippen molar-refractivity contribution in [3.63, 3.8) is 0 Å². The van der Waals surface area contributed by atoms with Crippen LogP contribution in [0.3, 0.4) is 0 Å². The summed E-state index contributed by atoms with van der Waals surface area (Å²) in [6.07, 6.45) is 0. The lowest BCUT2D eigenvalue weighted by atomic mass is 10.1. The van der Waals surface area contributed by atoms with Crippen LogP contribution in [0.25, 0.3) is 22.2 Å². The molecule has 5 heteroatoms. The number of carboxylic acids is 1. The van der Waals surface area contributed by atoms with Crippen molar-refractivity contribution < 1.29 is 9.90 Å². The van der Waals surface area contributed by atoms with E-state index in [2.05, 4.69) is 15.2 Å². The van der Waals surface area contributed by atoms with Crippen molar-refractivity contribution in [3.05, 3.63) is 47.3 Å². The molecule has 0 saturated carbocycles. The standard InChI is InChI=1S/C15H13N3O2/c1-8-7-12(17-18-14(8)15(19)20)13-9(2)16-11-6-4-3-5-10(11)13/h3-7,16H,1-2H3,(H,19,20). The maximum atomic E-state index is 11.0. The van der Waals surface area contributed by atoms with Crippen molar-refractivity contribution in [2.75, 3.05) is 0 Å². The second-order valence-corrected chi connectivity index (χ2v) is 4.74. The molecule has 2 aromatic heterocycles. The number of carboxylic acid groups (broad SMARTS) is 1. The van der Waals surface area contributed by atoms with Crippen molar-refractivity contribution in [3.8, 4) is 11.3 Å². The van der Waals surface area contributed by atoms with E-state index < -0.39 is 5.97 Å². The van der Waals surface area contributed by atoms with Gasteiger partial charge in [0.2, 0.25) is 0 Å². The molecule has 2 N–H and O–H groups in total. The first-order valence-corrected chi connectivity index (χ1v) is 6.23. The number of aryl methyl sites for hydroxylation is 2. The van der Waals surface area contributed by atoms with Crippen molar-refractivity contribution in [1.29, 1.82) is 0 Å². The molecule has 0 atom stereocenters. The fraction of sp³-hybridized carbons (Fsp3) is 0.133. The molecule has 0 saturated heterocycles.